The second kappa shape index (κ2) is 12.8. The molecular formula is C33H34N2O6. The Bertz CT molecular complexity index is 1380. The normalized spacial score (nSPS) is 19.0. The Balaban J connectivity index is 1.13. The summed E-state index contributed by atoms with van der Waals surface area (Å²) in [4.78, 5) is 37.7. The van der Waals surface area contributed by atoms with Crippen LogP contribution in [0.5, 0.6) is 0 Å². The first-order valence-corrected chi connectivity index (χ1v) is 13.9. The Hall–Kier alpha value is -4.43. The zero-order chi connectivity index (χ0) is 28.8. The fourth-order valence-corrected chi connectivity index (χ4v) is 5.55. The fraction of sp³-hybridized carbons (Fsp3) is 0.303. The standard InChI is InChI=1S/C33H34N2O6/c1-21(40-19-22-10-3-2-4-11-22)30(32(37)38)35-31(36)23-12-9-13-24(18-23)34-33(39)41-20-29-27-16-7-5-14-25(27)26-15-6-8-17-28(26)29/h2-11,13-17,21,23-24,29-30H,12,18-20H2,1H3,(H,34,39)(H,35,36)(H,37,38). The number of nitrogens with one attached hydrogen (secondary N) is 2. The molecule has 0 saturated heterocycles. The molecule has 0 aromatic heterocycles. The molecule has 0 spiro atoms. The third-order valence-corrected chi connectivity index (χ3v) is 7.73. The van der Waals surface area contributed by atoms with Crippen molar-refractivity contribution >= 4 is 18.0 Å². The summed E-state index contributed by atoms with van der Waals surface area (Å²) in [5, 5.41) is 15.2. The number of fused-ring (bicyclic) bond motifs is 3. The Morgan fingerprint density at radius 1 is 0.927 bits per heavy atom. The SMILES string of the molecule is CC(OCc1ccccc1)C(NC(=O)C1CC=CC(NC(=O)OCC2c3ccccc3-c3ccccc32)C1)C(=O)O. The first-order chi connectivity index (χ1) is 19.9. The number of alkyl carbamates (subject to hydrolysis) is 1. The fourth-order valence-electron chi connectivity index (χ4n) is 5.55. The van der Waals surface area contributed by atoms with Gasteiger partial charge in [0.2, 0.25) is 5.91 Å². The van der Waals surface area contributed by atoms with Crippen molar-refractivity contribution in [2.45, 2.75) is 50.5 Å². The lowest BCUT2D eigenvalue weighted by molar-refractivity contribution is -0.147. The topological polar surface area (TPSA) is 114 Å². The van der Waals surface area contributed by atoms with Crippen molar-refractivity contribution in [3.05, 3.63) is 108 Å². The second-order valence-electron chi connectivity index (χ2n) is 10.5. The maximum atomic E-state index is 13.0. The number of amides is 2. The maximum Gasteiger partial charge on any atom is 0.407 e. The van der Waals surface area contributed by atoms with Crippen molar-refractivity contribution in [2.75, 3.05) is 6.61 Å². The average molecular weight is 555 g/mol. The van der Waals surface area contributed by atoms with Crippen LogP contribution in [-0.4, -0.2) is 47.9 Å². The molecule has 0 heterocycles. The molecular weight excluding hydrogens is 520 g/mol. The van der Waals surface area contributed by atoms with Gasteiger partial charge in [-0.3, -0.25) is 4.79 Å². The third kappa shape index (κ3) is 6.66. The van der Waals surface area contributed by atoms with E-state index in [2.05, 4.69) is 34.9 Å². The van der Waals surface area contributed by atoms with Crippen LogP contribution in [0.1, 0.15) is 42.4 Å². The van der Waals surface area contributed by atoms with Gasteiger partial charge in [0.1, 0.15) is 6.61 Å². The molecule has 5 rings (SSSR count). The molecule has 3 aromatic carbocycles. The molecule has 2 aliphatic carbocycles. The average Bonchev–Trinajstić information content (AvgIpc) is 3.31. The number of allylic oxidation sites excluding steroid dienone is 1. The lowest BCUT2D eigenvalue weighted by Crippen LogP contribution is -2.51. The summed E-state index contributed by atoms with van der Waals surface area (Å²) in [7, 11) is 0. The van der Waals surface area contributed by atoms with Crippen LogP contribution in [-0.2, 0) is 25.7 Å². The van der Waals surface area contributed by atoms with Crippen molar-refractivity contribution in [3.63, 3.8) is 0 Å². The number of carboxylic acids is 1. The molecule has 4 atom stereocenters. The number of benzene rings is 3. The summed E-state index contributed by atoms with van der Waals surface area (Å²) >= 11 is 0. The van der Waals surface area contributed by atoms with E-state index in [4.69, 9.17) is 9.47 Å². The van der Waals surface area contributed by atoms with Gasteiger partial charge in [0.15, 0.2) is 6.04 Å². The van der Waals surface area contributed by atoms with Gasteiger partial charge >= 0.3 is 12.1 Å². The van der Waals surface area contributed by atoms with Crippen molar-refractivity contribution in [1.29, 1.82) is 0 Å². The van der Waals surface area contributed by atoms with E-state index in [-0.39, 0.29) is 19.1 Å². The van der Waals surface area contributed by atoms with E-state index in [1.54, 1.807) is 6.92 Å². The van der Waals surface area contributed by atoms with E-state index in [0.717, 1.165) is 27.8 Å². The van der Waals surface area contributed by atoms with Crippen LogP contribution >= 0.6 is 0 Å². The van der Waals surface area contributed by atoms with Gasteiger partial charge in [-0.1, -0.05) is 91.0 Å². The molecule has 8 heteroatoms. The molecule has 41 heavy (non-hydrogen) atoms. The summed E-state index contributed by atoms with van der Waals surface area (Å²) in [6, 6.07) is 24.1. The van der Waals surface area contributed by atoms with Crippen LogP contribution < -0.4 is 10.6 Å². The Kier molecular flexibility index (Phi) is 8.79. The minimum absolute atomic E-state index is 0.0485. The van der Waals surface area contributed by atoms with E-state index >= 15 is 0 Å². The van der Waals surface area contributed by atoms with Gasteiger partial charge in [-0.15, -0.1) is 0 Å². The molecule has 2 amide bonds. The van der Waals surface area contributed by atoms with Crippen molar-refractivity contribution in [2.24, 2.45) is 5.92 Å². The number of carbonyl (C=O) groups is 3. The van der Waals surface area contributed by atoms with Crippen LogP contribution in [0.15, 0.2) is 91.0 Å². The maximum absolute atomic E-state index is 13.0. The van der Waals surface area contributed by atoms with E-state index in [9.17, 15) is 19.5 Å². The van der Waals surface area contributed by atoms with Gasteiger partial charge in [-0.2, -0.15) is 0 Å². The van der Waals surface area contributed by atoms with E-state index < -0.39 is 42.1 Å². The largest absolute Gasteiger partial charge is 0.480 e. The number of carbonyl (C=O) groups excluding carboxylic acids is 2. The van der Waals surface area contributed by atoms with Crippen molar-refractivity contribution in [3.8, 4) is 11.1 Å². The van der Waals surface area contributed by atoms with E-state index in [1.165, 1.54) is 0 Å². The Labute approximate surface area is 239 Å². The summed E-state index contributed by atoms with van der Waals surface area (Å²) in [6.45, 7) is 2.06. The van der Waals surface area contributed by atoms with Crippen molar-refractivity contribution < 1.29 is 29.0 Å². The number of carboxylic acid groups (broad SMARTS) is 1. The van der Waals surface area contributed by atoms with Gasteiger partial charge < -0.3 is 25.2 Å². The monoisotopic (exact) mass is 554 g/mol. The summed E-state index contributed by atoms with van der Waals surface area (Å²) in [5.41, 5.74) is 5.48. The number of aliphatic carboxylic acids is 1. The molecule has 3 N–H and O–H groups in total. The van der Waals surface area contributed by atoms with E-state index in [0.29, 0.717) is 12.8 Å². The molecule has 212 valence electrons. The smallest absolute Gasteiger partial charge is 0.407 e. The third-order valence-electron chi connectivity index (χ3n) is 7.73. The lowest BCUT2D eigenvalue weighted by Gasteiger charge is -2.28. The Morgan fingerprint density at radius 2 is 1.56 bits per heavy atom. The lowest BCUT2D eigenvalue weighted by atomic mass is 9.90. The zero-order valence-corrected chi connectivity index (χ0v) is 22.9. The summed E-state index contributed by atoms with van der Waals surface area (Å²) < 4.78 is 11.4. The Morgan fingerprint density at radius 3 is 2.22 bits per heavy atom. The highest BCUT2D eigenvalue weighted by Gasteiger charge is 2.33. The molecule has 0 saturated carbocycles. The highest BCUT2D eigenvalue weighted by molar-refractivity contribution is 5.85. The molecule has 0 bridgehead atoms. The molecule has 0 aliphatic heterocycles. The minimum atomic E-state index is -1.20. The van der Waals surface area contributed by atoms with Crippen LogP contribution in [0, 0.1) is 5.92 Å². The van der Waals surface area contributed by atoms with Gasteiger partial charge in [0, 0.05) is 11.8 Å². The zero-order valence-electron chi connectivity index (χ0n) is 22.9. The predicted molar refractivity (Wildman–Crippen MR) is 154 cm³/mol. The molecule has 0 fully saturated rings. The van der Waals surface area contributed by atoms with Crippen LogP contribution in [0.25, 0.3) is 11.1 Å². The molecule has 3 aromatic rings. The predicted octanol–water partition coefficient (Wildman–Crippen LogP) is 5.03. The number of ether oxygens (including phenoxy) is 2. The minimum Gasteiger partial charge on any atom is -0.480 e. The molecule has 2 aliphatic rings. The highest BCUT2D eigenvalue weighted by Crippen LogP contribution is 2.44. The molecule has 4 unspecified atom stereocenters. The summed E-state index contributed by atoms with van der Waals surface area (Å²) in [5.74, 6) is -2.11. The summed E-state index contributed by atoms with van der Waals surface area (Å²) in [6.07, 6.45) is 3.14. The number of hydrogen-bond acceptors (Lipinski definition) is 5. The van der Waals surface area contributed by atoms with Crippen LogP contribution in [0.3, 0.4) is 0 Å². The van der Waals surface area contributed by atoms with Gasteiger partial charge in [-0.05, 0) is 47.6 Å². The number of rotatable bonds is 10. The van der Waals surface area contributed by atoms with Gasteiger partial charge in [0.05, 0.1) is 18.8 Å². The first-order valence-electron chi connectivity index (χ1n) is 13.9. The van der Waals surface area contributed by atoms with Crippen LogP contribution in [0.2, 0.25) is 0 Å². The second-order valence-corrected chi connectivity index (χ2v) is 10.5. The van der Waals surface area contributed by atoms with Gasteiger partial charge in [0.25, 0.3) is 0 Å². The molecule has 8 nitrogen and oxygen atoms in total. The first kappa shape index (κ1) is 28.1. The number of hydrogen-bond donors (Lipinski definition) is 3. The molecule has 0 radical (unpaired) electrons. The van der Waals surface area contributed by atoms with E-state index in [1.807, 2.05) is 66.7 Å². The highest BCUT2D eigenvalue weighted by atomic mass is 16.5. The quantitative estimate of drug-likeness (QED) is 0.303. The van der Waals surface area contributed by atoms with Crippen molar-refractivity contribution in [1.82, 2.24) is 10.6 Å². The van der Waals surface area contributed by atoms with Gasteiger partial charge in [-0.25, -0.2) is 9.59 Å². The van der Waals surface area contributed by atoms with Crippen LogP contribution in [0.4, 0.5) is 4.79 Å².